The summed E-state index contributed by atoms with van der Waals surface area (Å²) in [7, 11) is 0. The first-order valence-electron chi connectivity index (χ1n) is 8.89. The summed E-state index contributed by atoms with van der Waals surface area (Å²) in [6.07, 6.45) is 4.74. The maximum atomic E-state index is 12.6. The van der Waals surface area contributed by atoms with Crippen LogP contribution in [0.1, 0.15) is 54.7 Å². The summed E-state index contributed by atoms with van der Waals surface area (Å²) in [5.41, 5.74) is 2.51. The smallest absolute Gasteiger partial charge is 0.278 e. The number of carbonyl (C=O) groups is 1. The maximum Gasteiger partial charge on any atom is 0.278 e. The van der Waals surface area contributed by atoms with Crippen molar-refractivity contribution in [3.8, 4) is 0 Å². The summed E-state index contributed by atoms with van der Waals surface area (Å²) in [5.74, 6) is 0.163. The molecule has 0 unspecified atom stereocenters. The highest BCUT2D eigenvalue weighted by molar-refractivity contribution is 7.10. The van der Waals surface area contributed by atoms with Crippen LogP contribution in [0.25, 0.3) is 0 Å². The van der Waals surface area contributed by atoms with Gasteiger partial charge in [-0.1, -0.05) is 48.7 Å². The second kappa shape index (κ2) is 7.95. The van der Waals surface area contributed by atoms with Crippen LogP contribution in [0.15, 0.2) is 41.8 Å². The number of nitrogens with one attached hydrogen (secondary N) is 1. The lowest BCUT2D eigenvalue weighted by Crippen LogP contribution is -2.92. The summed E-state index contributed by atoms with van der Waals surface area (Å²) >= 11 is 1.75. The number of hydrogen-bond acceptors (Lipinski definition) is 2. The van der Waals surface area contributed by atoms with Crippen LogP contribution in [0.4, 0.5) is 0 Å². The first-order chi connectivity index (χ1) is 11.6. The molecule has 2 aromatic rings. The SMILES string of the molecule is Cc1ccc([C@H]([NH2+][C@H](C)C(=O)NC2CCCC2)c2cccs2)cc1. The van der Waals surface area contributed by atoms with Gasteiger partial charge in [-0.3, -0.25) is 4.79 Å². The third-order valence-electron chi connectivity index (χ3n) is 4.88. The summed E-state index contributed by atoms with van der Waals surface area (Å²) in [5, 5.41) is 7.52. The minimum atomic E-state index is -0.0981. The van der Waals surface area contributed by atoms with Gasteiger partial charge in [0.25, 0.3) is 5.91 Å². The van der Waals surface area contributed by atoms with Crippen LogP contribution in [-0.4, -0.2) is 18.0 Å². The minimum absolute atomic E-state index is 0.0981. The number of aryl methyl sites for hydroxylation is 1. The van der Waals surface area contributed by atoms with Crippen LogP contribution in [-0.2, 0) is 4.79 Å². The second-order valence-corrected chi connectivity index (χ2v) is 7.85. The lowest BCUT2D eigenvalue weighted by molar-refractivity contribution is -0.704. The fourth-order valence-corrected chi connectivity index (χ4v) is 4.22. The molecule has 0 spiro atoms. The maximum absolute atomic E-state index is 12.6. The van der Waals surface area contributed by atoms with Gasteiger partial charge in [-0.2, -0.15) is 0 Å². The lowest BCUT2D eigenvalue weighted by atomic mass is 10.0. The predicted octanol–water partition coefficient (Wildman–Crippen LogP) is 3.16. The van der Waals surface area contributed by atoms with Gasteiger partial charge in [0.1, 0.15) is 6.04 Å². The van der Waals surface area contributed by atoms with E-state index in [-0.39, 0.29) is 18.0 Å². The Morgan fingerprint density at radius 3 is 2.54 bits per heavy atom. The Labute approximate surface area is 148 Å². The van der Waals surface area contributed by atoms with Crippen LogP contribution < -0.4 is 10.6 Å². The Bertz CT molecular complexity index is 645. The van der Waals surface area contributed by atoms with E-state index in [4.69, 9.17) is 0 Å². The monoisotopic (exact) mass is 343 g/mol. The van der Waals surface area contributed by atoms with Crippen LogP contribution in [0, 0.1) is 6.92 Å². The fraction of sp³-hybridized carbons (Fsp3) is 0.450. The molecular weight excluding hydrogens is 316 g/mol. The van der Waals surface area contributed by atoms with Crippen molar-refractivity contribution in [1.82, 2.24) is 5.32 Å². The average molecular weight is 344 g/mol. The van der Waals surface area contributed by atoms with Crippen molar-refractivity contribution in [2.75, 3.05) is 0 Å². The largest absolute Gasteiger partial charge is 0.348 e. The van der Waals surface area contributed by atoms with Crippen LogP contribution >= 0.6 is 11.3 Å². The number of amides is 1. The average Bonchev–Trinajstić information content (AvgIpc) is 3.27. The number of nitrogens with two attached hydrogens (primary N) is 1. The molecule has 1 aromatic carbocycles. The first kappa shape index (κ1) is 17.2. The van der Waals surface area contributed by atoms with Gasteiger partial charge in [-0.05, 0) is 38.1 Å². The highest BCUT2D eigenvalue weighted by atomic mass is 32.1. The van der Waals surface area contributed by atoms with E-state index in [0.717, 1.165) is 12.8 Å². The molecule has 3 N–H and O–H groups in total. The van der Waals surface area contributed by atoms with Crippen LogP contribution in [0.3, 0.4) is 0 Å². The zero-order valence-corrected chi connectivity index (χ0v) is 15.3. The first-order valence-corrected chi connectivity index (χ1v) is 9.77. The van der Waals surface area contributed by atoms with Crippen molar-refractivity contribution in [1.29, 1.82) is 0 Å². The Morgan fingerprint density at radius 1 is 1.21 bits per heavy atom. The Kier molecular flexibility index (Phi) is 5.69. The molecule has 0 bridgehead atoms. The number of thiophene rings is 1. The molecule has 1 aliphatic rings. The van der Waals surface area contributed by atoms with Gasteiger partial charge < -0.3 is 10.6 Å². The van der Waals surface area contributed by atoms with E-state index in [0.29, 0.717) is 6.04 Å². The van der Waals surface area contributed by atoms with E-state index in [1.165, 1.54) is 28.8 Å². The highest BCUT2D eigenvalue weighted by Crippen LogP contribution is 2.23. The molecule has 1 fully saturated rings. The summed E-state index contributed by atoms with van der Waals surface area (Å²) in [4.78, 5) is 13.8. The van der Waals surface area contributed by atoms with Crippen molar-refractivity contribution in [3.05, 3.63) is 57.8 Å². The van der Waals surface area contributed by atoms with E-state index >= 15 is 0 Å². The van der Waals surface area contributed by atoms with Gasteiger partial charge >= 0.3 is 0 Å². The zero-order chi connectivity index (χ0) is 16.9. The quantitative estimate of drug-likeness (QED) is 0.831. The van der Waals surface area contributed by atoms with Crippen molar-refractivity contribution < 1.29 is 10.1 Å². The Hall–Kier alpha value is -1.65. The van der Waals surface area contributed by atoms with Crippen molar-refractivity contribution in [3.63, 3.8) is 0 Å². The predicted molar refractivity (Wildman–Crippen MR) is 99.1 cm³/mol. The van der Waals surface area contributed by atoms with Gasteiger partial charge in [0.2, 0.25) is 0 Å². The zero-order valence-electron chi connectivity index (χ0n) is 14.5. The van der Waals surface area contributed by atoms with Crippen LogP contribution in [0.2, 0.25) is 0 Å². The second-order valence-electron chi connectivity index (χ2n) is 6.87. The molecule has 1 amide bonds. The molecule has 0 radical (unpaired) electrons. The Balaban J connectivity index is 1.71. The molecule has 24 heavy (non-hydrogen) atoms. The molecule has 2 atom stereocenters. The van der Waals surface area contributed by atoms with Gasteiger partial charge in [0, 0.05) is 11.6 Å². The number of hydrogen-bond donors (Lipinski definition) is 2. The molecule has 1 heterocycles. The molecule has 3 rings (SSSR count). The number of quaternary nitrogens is 1. The molecule has 4 heteroatoms. The number of benzene rings is 1. The van der Waals surface area contributed by atoms with E-state index in [2.05, 4.69) is 59.3 Å². The van der Waals surface area contributed by atoms with E-state index < -0.39 is 0 Å². The molecule has 0 saturated heterocycles. The molecule has 0 aliphatic heterocycles. The molecule has 1 aromatic heterocycles. The van der Waals surface area contributed by atoms with Crippen molar-refractivity contribution in [2.24, 2.45) is 0 Å². The molecule has 128 valence electrons. The number of rotatable bonds is 6. The molecular formula is C20H27N2OS+. The summed E-state index contributed by atoms with van der Waals surface area (Å²) in [6, 6.07) is 13.4. The van der Waals surface area contributed by atoms with E-state index in [1.807, 2.05) is 6.92 Å². The fourth-order valence-electron chi connectivity index (χ4n) is 3.39. The standard InChI is InChI=1S/C20H26N2OS/c1-14-9-11-16(12-10-14)19(18-8-5-13-24-18)21-15(2)20(23)22-17-6-3-4-7-17/h5,8-13,15,17,19,21H,3-4,6-7H2,1-2H3,(H,22,23)/p+1/t15-,19+/m1/s1. The van der Waals surface area contributed by atoms with Gasteiger partial charge in [-0.15, -0.1) is 11.3 Å². The normalized spacial score (nSPS) is 17.6. The van der Waals surface area contributed by atoms with Gasteiger partial charge in [0.15, 0.2) is 6.04 Å². The van der Waals surface area contributed by atoms with Crippen molar-refractivity contribution in [2.45, 2.75) is 57.7 Å². The highest BCUT2D eigenvalue weighted by Gasteiger charge is 2.27. The number of carbonyl (C=O) groups excluding carboxylic acids is 1. The molecule has 3 nitrogen and oxygen atoms in total. The third-order valence-corrected chi connectivity index (χ3v) is 5.84. The van der Waals surface area contributed by atoms with E-state index in [1.54, 1.807) is 11.3 Å². The van der Waals surface area contributed by atoms with Gasteiger partial charge in [0.05, 0.1) is 4.88 Å². The minimum Gasteiger partial charge on any atom is -0.348 e. The van der Waals surface area contributed by atoms with Crippen LogP contribution in [0.5, 0.6) is 0 Å². The molecule has 1 aliphatic carbocycles. The lowest BCUT2D eigenvalue weighted by Gasteiger charge is -2.21. The van der Waals surface area contributed by atoms with Gasteiger partial charge in [-0.25, -0.2) is 0 Å². The summed E-state index contributed by atoms with van der Waals surface area (Å²) in [6.45, 7) is 4.12. The third kappa shape index (κ3) is 4.25. The molecule has 1 saturated carbocycles. The van der Waals surface area contributed by atoms with E-state index in [9.17, 15) is 4.79 Å². The Morgan fingerprint density at radius 2 is 1.92 bits per heavy atom. The van der Waals surface area contributed by atoms with Crippen molar-refractivity contribution >= 4 is 17.2 Å². The summed E-state index contributed by atoms with van der Waals surface area (Å²) < 4.78 is 0. The topological polar surface area (TPSA) is 45.7 Å².